The fourth-order valence-corrected chi connectivity index (χ4v) is 4.20. The van der Waals surface area contributed by atoms with Crippen LogP contribution in [0.1, 0.15) is 40.4 Å². The molecule has 8 heteroatoms. The summed E-state index contributed by atoms with van der Waals surface area (Å²) in [5.41, 5.74) is 3.70. The average molecular weight is 526 g/mol. The van der Waals surface area contributed by atoms with Gasteiger partial charge in [-0.3, -0.25) is 9.59 Å². The van der Waals surface area contributed by atoms with Gasteiger partial charge in [0.15, 0.2) is 11.4 Å². The molecule has 0 aliphatic rings. The van der Waals surface area contributed by atoms with Crippen LogP contribution in [-0.2, 0) is 17.9 Å². The van der Waals surface area contributed by atoms with Crippen molar-refractivity contribution in [3.63, 3.8) is 0 Å². The van der Waals surface area contributed by atoms with Gasteiger partial charge in [-0.05, 0) is 30.5 Å². The lowest BCUT2D eigenvalue weighted by Crippen LogP contribution is -2.36. The highest BCUT2D eigenvalue weighted by Gasteiger charge is 2.22. The third-order valence-electron chi connectivity index (χ3n) is 6.29. The van der Waals surface area contributed by atoms with Gasteiger partial charge in [-0.2, -0.15) is 0 Å². The van der Waals surface area contributed by atoms with Gasteiger partial charge in [0.1, 0.15) is 6.61 Å². The molecule has 0 aliphatic carbocycles. The van der Waals surface area contributed by atoms with Gasteiger partial charge >= 0.3 is 12.0 Å². The number of urea groups is 1. The summed E-state index contributed by atoms with van der Waals surface area (Å²) in [6, 6.07) is 26.5. The van der Waals surface area contributed by atoms with Crippen LogP contribution >= 0.6 is 0 Å². The predicted octanol–water partition coefficient (Wildman–Crippen LogP) is 5.43. The monoisotopic (exact) mass is 525 g/mol. The lowest BCUT2D eigenvalue weighted by molar-refractivity contribution is -0.137. The number of aliphatic carboxylic acids is 1. The summed E-state index contributed by atoms with van der Waals surface area (Å²) in [4.78, 5) is 38.4. The zero-order valence-corrected chi connectivity index (χ0v) is 21.9. The fourth-order valence-electron chi connectivity index (χ4n) is 4.20. The van der Waals surface area contributed by atoms with Gasteiger partial charge in [-0.25, -0.2) is 4.79 Å². The third-order valence-corrected chi connectivity index (χ3v) is 6.29. The molecule has 3 N–H and O–H groups in total. The van der Waals surface area contributed by atoms with Crippen molar-refractivity contribution < 1.29 is 19.4 Å². The summed E-state index contributed by atoms with van der Waals surface area (Å²) in [6.45, 7) is 4.24. The third kappa shape index (κ3) is 7.35. The van der Waals surface area contributed by atoms with E-state index in [1.165, 1.54) is 0 Å². The molecule has 2 amide bonds. The molecule has 0 bridgehead atoms. The number of nitrogens with zero attached hydrogens (tertiary/aromatic N) is 1. The zero-order chi connectivity index (χ0) is 27.8. The molecule has 0 spiro atoms. The van der Waals surface area contributed by atoms with Gasteiger partial charge < -0.3 is 25.0 Å². The lowest BCUT2D eigenvalue weighted by atomic mass is 10.0. The van der Waals surface area contributed by atoms with Gasteiger partial charge in [0.25, 0.3) is 5.56 Å². The number of ether oxygens (including phenoxy) is 1. The van der Waals surface area contributed by atoms with Crippen LogP contribution in [0.4, 0.5) is 10.5 Å². The number of amides is 2. The normalized spacial score (nSPS) is 11.4. The molecule has 1 aromatic heterocycles. The molecule has 0 saturated carbocycles. The molecule has 39 heavy (non-hydrogen) atoms. The number of pyridine rings is 1. The minimum absolute atomic E-state index is 0.0251. The van der Waals surface area contributed by atoms with Crippen molar-refractivity contribution in [1.82, 2.24) is 9.88 Å². The first-order chi connectivity index (χ1) is 18.8. The maximum Gasteiger partial charge on any atom is 0.319 e. The van der Waals surface area contributed by atoms with Crippen molar-refractivity contribution >= 4 is 17.7 Å². The Morgan fingerprint density at radius 3 is 2.13 bits per heavy atom. The fraction of sp³-hybridized carbons (Fsp3) is 0.194. The van der Waals surface area contributed by atoms with Crippen LogP contribution in [0.5, 0.6) is 5.75 Å². The molecule has 0 saturated heterocycles. The van der Waals surface area contributed by atoms with Gasteiger partial charge in [-0.1, -0.05) is 90.5 Å². The second kappa shape index (κ2) is 12.6. The van der Waals surface area contributed by atoms with Crippen molar-refractivity contribution in [1.29, 1.82) is 0 Å². The number of rotatable bonds is 10. The van der Waals surface area contributed by atoms with Crippen molar-refractivity contribution in [2.75, 3.05) is 5.32 Å². The summed E-state index contributed by atoms with van der Waals surface area (Å²) >= 11 is 0. The number of benzene rings is 3. The number of aromatic nitrogens is 1. The number of aryl methyl sites for hydroxylation is 2. The maximum atomic E-state index is 13.7. The molecule has 0 radical (unpaired) electrons. The van der Waals surface area contributed by atoms with E-state index in [0.717, 1.165) is 16.7 Å². The summed E-state index contributed by atoms with van der Waals surface area (Å²) in [6.07, 6.45) is -0.319. The summed E-state index contributed by atoms with van der Waals surface area (Å²) in [5.74, 6) is -0.834. The second-order valence-electron chi connectivity index (χ2n) is 9.34. The van der Waals surface area contributed by atoms with Crippen molar-refractivity contribution in [2.45, 2.75) is 39.5 Å². The van der Waals surface area contributed by atoms with E-state index in [1.54, 1.807) is 22.8 Å². The van der Waals surface area contributed by atoms with Crippen molar-refractivity contribution in [3.05, 3.63) is 129 Å². The topological polar surface area (TPSA) is 110 Å². The molecule has 200 valence electrons. The van der Waals surface area contributed by atoms with E-state index < -0.39 is 23.6 Å². The molecule has 1 atom stereocenters. The first-order valence-corrected chi connectivity index (χ1v) is 12.6. The molecule has 8 nitrogen and oxygen atoms in total. The Bertz CT molecular complexity index is 1480. The van der Waals surface area contributed by atoms with E-state index in [0.29, 0.717) is 17.8 Å². The average Bonchev–Trinajstić information content (AvgIpc) is 2.92. The Kier molecular flexibility index (Phi) is 8.78. The Labute approximate surface area is 226 Å². The van der Waals surface area contributed by atoms with Crippen molar-refractivity contribution in [3.8, 4) is 5.75 Å². The van der Waals surface area contributed by atoms with E-state index in [2.05, 4.69) is 10.6 Å². The molecule has 0 aliphatic heterocycles. The first-order valence-electron chi connectivity index (χ1n) is 12.6. The number of nitrogens with one attached hydrogen (secondary N) is 2. The summed E-state index contributed by atoms with van der Waals surface area (Å²) in [7, 11) is 0. The van der Waals surface area contributed by atoms with E-state index in [-0.39, 0.29) is 24.5 Å². The van der Waals surface area contributed by atoms with Crippen LogP contribution < -0.4 is 20.9 Å². The number of carbonyl (C=O) groups excluding carboxylic acids is 1. The Morgan fingerprint density at radius 1 is 0.897 bits per heavy atom. The number of carbonyl (C=O) groups is 2. The van der Waals surface area contributed by atoms with E-state index in [9.17, 15) is 19.5 Å². The van der Waals surface area contributed by atoms with Crippen molar-refractivity contribution in [2.24, 2.45) is 0 Å². The number of anilines is 1. The lowest BCUT2D eigenvalue weighted by Gasteiger charge is -2.20. The van der Waals surface area contributed by atoms with Crippen LogP contribution in [0.15, 0.2) is 95.8 Å². The minimum Gasteiger partial charge on any atom is -0.486 e. The molecule has 0 fully saturated rings. The van der Waals surface area contributed by atoms with Gasteiger partial charge in [0, 0.05) is 11.8 Å². The van der Waals surface area contributed by atoms with E-state index in [1.807, 2.05) is 86.6 Å². The molecule has 3 aromatic carbocycles. The first kappa shape index (κ1) is 27.2. The number of carboxylic acids is 1. The SMILES string of the molecule is Cc1ccc(C(CC(=O)O)NC(=O)Nc2c(OCc3ccccc3)cc(C)n(Cc3ccccc3)c2=O)cc1. The highest BCUT2D eigenvalue weighted by molar-refractivity contribution is 5.91. The summed E-state index contributed by atoms with van der Waals surface area (Å²) < 4.78 is 7.57. The molecule has 1 unspecified atom stereocenters. The van der Waals surface area contributed by atoms with Gasteiger partial charge in [0.05, 0.1) is 19.0 Å². The highest BCUT2D eigenvalue weighted by Crippen LogP contribution is 2.25. The molecular formula is C31H31N3O5. The molecular weight excluding hydrogens is 494 g/mol. The molecule has 1 heterocycles. The molecule has 4 rings (SSSR count). The van der Waals surface area contributed by atoms with Crippen LogP contribution in [0, 0.1) is 13.8 Å². The minimum atomic E-state index is -1.06. The number of hydrogen-bond donors (Lipinski definition) is 3. The zero-order valence-electron chi connectivity index (χ0n) is 21.9. The maximum absolute atomic E-state index is 13.7. The smallest absolute Gasteiger partial charge is 0.319 e. The highest BCUT2D eigenvalue weighted by atomic mass is 16.5. The van der Waals surface area contributed by atoms with E-state index in [4.69, 9.17) is 4.74 Å². The van der Waals surface area contributed by atoms with Crippen LogP contribution in [0.3, 0.4) is 0 Å². The summed E-state index contributed by atoms with van der Waals surface area (Å²) in [5, 5.41) is 14.8. The molecule has 4 aromatic rings. The van der Waals surface area contributed by atoms with E-state index >= 15 is 0 Å². The van der Waals surface area contributed by atoms with Crippen LogP contribution in [0.2, 0.25) is 0 Å². The number of hydrogen-bond acceptors (Lipinski definition) is 4. The quantitative estimate of drug-likeness (QED) is 0.256. The Hall–Kier alpha value is -4.85. The Morgan fingerprint density at radius 2 is 1.51 bits per heavy atom. The largest absolute Gasteiger partial charge is 0.486 e. The van der Waals surface area contributed by atoms with Gasteiger partial charge in [-0.15, -0.1) is 0 Å². The predicted molar refractivity (Wildman–Crippen MR) is 150 cm³/mol. The second-order valence-corrected chi connectivity index (χ2v) is 9.34. The Balaban J connectivity index is 1.64. The van der Waals surface area contributed by atoms with Crippen LogP contribution in [0.25, 0.3) is 0 Å². The van der Waals surface area contributed by atoms with Crippen LogP contribution in [-0.4, -0.2) is 21.7 Å². The standard InChI is InChI=1S/C31H31N3O5/c1-21-13-15-25(16-14-21)26(18-28(35)36)32-31(38)33-29-27(39-20-24-11-7-4-8-12-24)17-22(2)34(30(29)37)19-23-9-5-3-6-10-23/h3-17,26H,18-20H2,1-2H3,(H,35,36)(H2,32,33,38). The van der Waals surface area contributed by atoms with Gasteiger partial charge in [0.2, 0.25) is 0 Å². The number of carboxylic acid groups (broad SMARTS) is 1.